The summed E-state index contributed by atoms with van der Waals surface area (Å²) in [6.45, 7) is 23.6. The molecule has 15 heteroatoms. The number of piperidine rings is 1. The van der Waals surface area contributed by atoms with Crippen molar-refractivity contribution in [1.82, 2.24) is 29.0 Å². The summed E-state index contributed by atoms with van der Waals surface area (Å²) in [5, 5.41) is 17.1. The first-order chi connectivity index (χ1) is 31.9. The van der Waals surface area contributed by atoms with E-state index in [2.05, 4.69) is 107 Å². The second-order valence-corrected chi connectivity index (χ2v) is 20.8. The lowest BCUT2D eigenvalue weighted by Crippen LogP contribution is -2.58. The minimum Gasteiger partial charge on any atom is -0.392 e. The van der Waals surface area contributed by atoms with E-state index in [1.165, 1.54) is 27.6 Å². The summed E-state index contributed by atoms with van der Waals surface area (Å²) in [6, 6.07) is 14.9. The molecule has 3 aliphatic heterocycles. The van der Waals surface area contributed by atoms with Gasteiger partial charge in [0.1, 0.15) is 11.5 Å². The second-order valence-electron chi connectivity index (χ2n) is 20.8. The number of hydrogen-bond acceptors (Lipinski definition) is 11. The zero-order valence-electron chi connectivity index (χ0n) is 40.3. The predicted molar refractivity (Wildman–Crippen MR) is 266 cm³/mol. The topological polar surface area (TPSA) is 157 Å². The lowest BCUT2D eigenvalue weighted by Gasteiger charge is -2.48. The number of aliphatic hydroxyl groups excluding tert-OH is 1. The molecule has 4 aromatic heterocycles. The third kappa shape index (κ3) is 8.86. The molecule has 7 heterocycles. The van der Waals surface area contributed by atoms with E-state index in [1.807, 2.05) is 30.5 Å². The molecule has 0 saturated carbocycles. The molecule has 2 fully saturated rings. The van der Waals surface area contributed by atoms with Crippen LogP contribution in [0.2, 0.25) is 0 Å². The van der Waals surface area contributed by atoms with Crippen molar-refractivity contribution in [3.63, 3.8) is 0 Å². The number of nitrogens with zero attached hydrogens (tertiary/aromatic N) is 9. The molecule has 9 rings (SSSR count). The summed E-state index contributed by atoms with van der Waals surface area (Å²) >= 11 is 0. The molecule has 2 saturated heterocycles. The Morgan fingerprint density at radius 1 is 0.955 bits per heavy atom. The number of anilines is 6. The SMILES string of the molecule is C=CC(=O)Nc1cc(Nc2nc(-c3ccnc(N4CCn5c(cc6c5CC(C)(C)C6)C4=O)c3CO)cn(C)c2=O)ccc1N1CCN(C2CCN(c3ccnc(C(C)(C)C)c3)[C@@H](C)C2)C[C@@H]1C. The average molecular weight is 908 g/mol. The molecule has 3 atom stereocenters. The van der Waals surface area contributed by atoms with E-state index in [1.54, 1.807) is 30.4 Å². The number of nitrogens with one attached hydrogen (secondary N) is 2. The van der Waals surface area contributed by atoms with Crippen LogP contribution in [-0.4, -0.2) is 96.8 Å². The van der Waals surface area contributed by atoms with Crippen molar-refractivity contribution in [2.24, 2.45) is 12.5 Å². The molecule has 0 radical (unpaired) electrons. The summed E-state index contributed by atoms with van der Waals surface area (Å²) in [5.74, 6) is -0.0768. The van der Waals surface area contributed by atoms with Crippen molar-refractivity contribution in [3.05, 3.63) is 112 Å². The minimum absolute atomic E-state index is 0.00941. The van der Waals surface area contributed by atoms with Crippen LogP contribution in [0.25, 0.3) is 11.3 Å². The van der Waals surface area contributed by atoms with Gasteiger partial charge in [-0.25, -0.2) is 9.97 Å². The quantitative estimate of drug-likeness (QED) is 0.124. The van der Waals surface area contributed by atoms with Gasteiger partial charge in [0.2, 0.25) is 5.91 Å². The monoisotopic (exact) mass is 908 g/mol. The van der Waals surface area contributed by atoms with Gasteiger partial charge >= 0.3 is 0 Å². The predicted octanol–water partition coefficient (Wildman–Crippen LogP) is 7.05. The van der Waals surface area contributed by atoms with Crippen LogP contribution >= 0.6 is 0 Å². The van der Waals surface area contributed by atoms with Crippen molar-refractivity contribution in [1.29, 1.82) is 0 Å². The van der Waals surface area contributed by atoms with Crippen LogP contribution in [0.3, 0.4) is 0 Å². The molecule has 67 heavy (non-hydrogen) atoms. The summed E-state index contributed by atoms with van der Waals surface area (Å²) in [7, 11) is 1.65. The fourth-order valence-electron chi connectivity index (χ4n) is 10.9. The zero-order chi connectivity index (χ0) is 47.5. The third-order valence-electron chi connectivity index (χ3n) is 14.3. The summed E-state index contributed by atoms with van der Waals surface area (Å²) in [5.41, 5.74) is 8.66. The molecule has 4 aliphatic rings. The number of hydrogen-bond donors (Lipinski definition) is 3. The smallest absolute Gasteiger partial charge is 0.293 e. The van der Waals surface area contributed by atoms with Crippen molar-refractivity contribution < 1.29 is 14.7 Å². The molecule has 0 spiro atoms. The number of carbonyl (C=O) groups is 2. The number of pyridine rings is 2. The van der Waals surface area contributed by atoms with Crippen molar-refractivity contribution in [3.8, 4) is 11.3 Å². The number of piperazine rings is 1. The van der Waals surface area contributed by atoms with Gasteiger partial charge in [0.05, 0.1) is 23.7 Å². The Morgan fingerprint density at radius 2 is 1.75 bits per heavy atom. The Labute approximate surface area is 393 Å². The first-order valence-electron chi connectivity index (χ1n) is 23.7. The first-order valence-corrected chi connectivity index (χ1v) is 23.7. The Morgan fingerprint density at radius 3 is 2.48 bits per heavy atom. The second kappa shape index (κ2) is 17.7. The van der Waals surface area contributed by atoms with E-state index in [4.69, 9.17) is 4.98 Å². The molecule has 1 unspecified atom stereocenters. The summed E-state index contributed by atoms with van der Waals surface area (Å²) in [6.07, 6.45) is 10.4. The number of amides is 2. The highest BCUT2D eigenvalue weighted by atomic mass is 16.3. The third-order valence-corrected chi connectivity index (χ3v) is 14.3. The van der Waals surface area contributed by atoms with Gasteiger partial charge in [-0.05, 0) is 99.0 Å². The largest absolute Gasteiger partial charge is 0.392 e. The number of rotatable bonds is 10. The maximum Gasteiger partial charge on any atom is 0.293 e. The number of aryl methyl sites for hydroxylation is 1. The van der Waals surface area contributed by atoms with Gasteiger partial charge in [0, 0.05) is 122 Å². The lowest BCUT2D eigenvalue weighted by atomic mass is 9.90. The molecule has 5 aromatic rings. The average Bonchev–Trinajstić information content (AvgIpc) is 3.79. The van der Waals surface area contributed by atoms with Crippen LogP contribution in [-0.2, 0) is 43.3 Å². The van der Waals surface area contributed by atoms with Gasteiger partial charge in [0.15, 0.2) is 5.82 Å². The number of carbonyl (C=O) groups excluding carboxylic acids is 2. The molecule has 2 amide bonds. The van der Waals surface area contributed by atoms with Gasteiger partial charge in [-0.1, -0.05) is 41.2 Å². The number of aromatic nitrogens is 5. The summed E-state index contributed by atoms with van der Waals surface area (Å²) in [4.78, 5) is 63.9. The zero-order valence-corrected chi connectivity index (χ0v) is 40.3. The first kappa shape index (κ1) is 45.8. The Hall–Kier alpha value is -6.32. The van der Waals surface area contributed by atoms with Gasteiger partial charge in [0.25, 0.3) is 11.5 Å². The van der Waals surface area contributed by atoms with Crippen LogP contribution in [0.1, 0.15) is 94.3 Å². The van der Waals surface area contributed by atoms with Crippen LogP contribution in [0.15, 0.2) is 78.5 Å². The molecule has 352 valence electrons. The lowest BCUT2D eigenvalue weighted by molar-refractivity contribution is -0.111. The number of aliphatic hydroxyl groups is 1. The van der Waals surface area contributed by atoms with Crippen LogP contribution in [0.5, 0.6) is 0 Å². The fraction of sp³-hybridized carbons (Fsp3) is 0.462. The highest BCUT2D eigenvalue weighted by Crippen LogP contribution is 2.41. The minimum atomic E-state index is -0.398. The van der Waals surface area contributed by atoms with E-state index >= 15 is 0 Å². The molecule has 1 aliphatic carbocycles. The van der Waals surface area contributed by atoms with Gasteiger partial charge in [-0.15, -0.1) is 0 Å². The van der Waals surface area contributed by atoms with E-state index < -0.39 is 6.61 Å². The van der Waals surface area contributed by atoms with E-state index in [-0.39, 0.29) is 40.1 Å². The van der Waals surface area contributed by atoms with Gasteiger partial charge in [-0.3, -0.25) is 29.2 Å². The summed E-state index contributed by atoms with van der Waals surface area (Å²) < 4.78 is 3.59. The Balaban J connectivity index is 0.924. The maximum absolute atomic E-state index is 14.1. The molecular formula is C52H65N11O4. The molecule has 3 N–H and O–H groups in total. The van der Waals surface area contributed by atoms with Crippen molar-refractivity contribution >= 4 is 46.2 Å². The van der Waals surface area contributed by atoms with Crippen molar-refractivity contribution in [2.45, 2.75) is 111 Å². The highest BCUT2D eigenvalue weighted by molar-refractivity contribution is 6.06. The molecule has 15 nitrogen and oxygen atoms in total. The van der Waals surface area contributed by atoms with Crippen LogP contribution < -0.4 is 30.9 Å². The normalized spacial score (nSPS) is 20.7. The van der Waals surface area contributed by atoms with E-state index in [0.29, 0.717) is 64.9 Å². The van der Waals surface area contributed by atoms with Gasteiger partial charge < -0.3 is 34.7 Å². The Kier molecular flexibility index (Phi) is 12.1. The standard InChI is InChI=1S/C52H65N11O4/c1-10-46(65)56-40-25-35(11-12-42(40)61-20-19-59(29-33(61)3)36-15-18-60(32(2)23-36)37-13-16-53-45(26-37)51(4,5)6)55-47-50(67)58(9)30-41(57-47)38-14-17-54-48(39(38)31-64)63-22-21-62-43(49(63)66)24-34-27-52(7,8)28-44(34)62/h10-14,16-17,24-26,30,32-33,36,64H,1,15,18-23,27-29,31H2,2-9H3,(H,55,57)(H,56,65)/t32-,33-,36?/m0/s1. The van der Waals surface area contributed by atoms with Gasteiger partial charge in [-0.2, -0.15) is 0 Å². The Bertz CT molecular complexity index is 2800. The number of benzene rings is 1. The van der Waals surface area contributed by atoms with Crippen LogP contribution in [0.4, 0.5) is 34.4 Å². The van der Waals surface area contributed by atoms with Crippen molar-refractivity contribution in [2.75, 3.05) is 58.1 Å². The fourth-order valence-corrected chi connectivity index (χ4v) is 10.9. The van der Waals surface area contributed by atoms with Crippen LogP contribution in [0, 0.1) is 5.41 Å². The maximum atomic E-state index is 14.1. The van der Waals surface area contributed by atoms with E-state index in [0.717, 1.165) is 63.2 Å². The molecule has 1 aromatic carbocycles. The van der Waals surface area contributed by atoms with E-state index in [9.17, 15) is 19.5 Å². The molecule has 0 bridgehead atoms. The molecular weight excluding hydrogens is 843 g/mol. The number of fused-ring (bicyclic) bond motifs is 3. The highest BCUT2D eigenvalue weighted by Gasteiger charge is 2.38.